The molecule has 1 unspecified atom stereocenters. The van der Waals surface area contributed by atoms with Gasteiger partial charge < -0.3 is 0 Å². The van der Waals surface area contributed by atoms with Crippen LogP contribution in [0.5, 0.6) is 0 Å². The summed E-state index contributed by atoms with van der Waals surface area (Å²) in [6.45, 7) is 9.24. The second-order valence-corrected chi connectivity index (χ2v) is 12.2. The van der Waals surface area contributed by atoms with Gasteiger partial charge in [0.1, 0.15) is 0 Å². The van der Waals surface area contributed by atoms with Gasteiger partial charge in [0.2, 0.25) is 0 Å². The normalized spacial score (nSPS) is 12.5. The van der Waals surface area contributed by atoms with Gasteiger partial charge in [0.25, 0.3) is 0 Å². The Kier molecular flexibility index (Phi) is 25.2. The Bertz CT molecular complexity index is 427. The van der Waals surface area contributed by atoms with E-state index in [0.29, 0.717) is 5.92 Å². The molecule has 0 radical (unpaired) electrons. The molecule has 0 saturated heterocycles. The van der Waals surface area contributed by atoms with E-state index in [-0.39, 0.29) is 4.32 Å². The summed E-state index contributed by atoms with van der Waals surface area (Å²) in [6, 6.07) is 0. The molecule has 0 aromatic rings. The summed E-state index contributed by atoms with van der Waals surface area (Å²) < 4.78 is 0.0636. The molecule has 0 aliphatic heterocycles. The van der Waals surface area contributed by atoms with Gasteiger partial charge in [-0.3, -0.25) is 0 Å². The fourth-order valence-corrected chi connectivity index (χ4v) is 5.44. The molecule has 0 rings (SSSR count). The van der Waals surface area contributed by atoms with Crippen molar-refractivity contribution >= 4 is 15.9 Å². The van der Waals surface area contributed by atoms with E-state index in [1.807, 2.05) is 0 Å². The van der Waals surface area contributed by atoms with Crippen LogP contribution >= 0.6 is 15.9 Å². The van der Waals surface area contributed by atoms with Crippen molar-refractivity contribution in [2.45, 2.75) is 186 Å². The predicted octanol–water partition coefficient (Wildman–Crippen LogP) is 12.2. The van der Waals surface area contributed by atoms with Crippen LogP contribution in [-0.4, -0.2) is 4.32 Å². The van der Waals surface area contributed by atoms with Crippen LogP contribution in [0, 0.1) is 17.8 Å². The van der Waals surface area contributed by atoms with Gasteiger partial charge in [0.15, 0.2) is 0 Å². The lowest BCUT2D eigenvalue weighted by molar-refractivity contribution is 0.486. The highest BCUT2D eigenvalue weighted by molar-refractivity contribution is 9.10. The number of halogens is 1. The average molecular weight is 526 g/mol. The lowest BCUT2D eigenvalue weighted by Gasteiger charge is -2.22. The number of hydrogen-bond acceptors (Lipinski definition) is 0. The van der Waals surface area contributed by atoms with E-state index in [1.165, 1.54) is 154 Å². The van der Waals surface area contributed by atoms with Crippen molar-refractivity contribution in [3.8, 4) is 11.8 Å². The summed E-state index contributed by atoms with van der Waals surface area (Å²) in [6.07, 6.45) is 32.6. The molecule has 0 aliphatic carbocycles. The number of hydrogen-bond donors (Lipinski definition) is 0. The Labute approximate surface area is 219 Å². The van der Waals surface area contributed by atoms with E-state index in [0.717, 1.165) is 0 Å². The Balaban J connectivity index is 4.78. The zero-order valence-corrected chi connectivity index (χ0v) is 25.0. The van der Waals surface area contributed by atoms with Gasteiger partial charge in [0, 0.05) is 5.92 Å². The molecule has 0 aliphatic rings. The van der Waals surface area contributed by atoms with Crippen LogP contribution in [0.15, 0.2) is 0 Å². The number of alkyl halides is 1. The average Bonchev–Trinajstić information content (AvgIpc) is 2.82. The Morgan fingerprint density at radius 3 is 1.30 bits per heavy atom. The summed E-state index contributed by atoms with van der Waals surface area (Å²) in [5.41, 5.74) is 0. The van der Waals surface area contributed by atoms with Crippen LogP contribution in [0.1, 0.15) is 182 Å². The molecule has 196 valence electrons. The van der Waals surface area contributed by atoms with Crippen LogP contribution in [0.4, 0.5) is 0 Å². The molecule has 0 bridgehead atoms. The van der Waals surface area contributed by atoms with Gasteiger partial charge in [-0.15, -0.1) is 0 Å². The van der Waals surface area contributed by atoms with Crippen molar-refractivity contribution in [3.05, 3.63) is 0 Å². The van der Waals surface area contributed by atoms with Crippen molar-refractivity contribution in [2.24, 2.45) is 5.92 Å². The molecule has 0 aromatic carbocycles. The summed E-state index contributed by atoms with van der Waals surface area (Å²) >= 11 is 4.18. The second-order valence-electron chi connectivity index (χ2n) is 10.7. The highest BCUT2D eigenvalue weighted by Gasteiger charge is 2.23. The molecule has 0 N–H and O–H groups in total. The van der Waals surface area contributed by atoms with Gasteiger partial charge in [-0.1, -0.05) is 184 Å². The van der Waals surface area contributed by atoms with Gasteiger partial charge in [-0.25, -0.2) is 0 Å². The summed E-state index contributed by atoms with van der Waals surface area (Å²) in [5.74, 6) is 8.27. The minimum atomic E-state index is 0.0636. The third kappa shape index (κ3) is 22.3. The van der Waals surface area contributed by atoms with Crippen molar-refractivity contribution in [2.75, 3.05) is 0 Å². The molecule has 0 aromatic heterocycles. The van der Waals surface area contributed by atoms with E-state index in [2.05, 4.69) is 55.5 Å². The first-order valence-corrected chi connectivity index (χ1v) is 16.1. The van der Waals surface area contributed by atoms with E-state index in [9.17, 15) is 0 Å². The number of unbranched alkanes of at least 4 members (excludes halogenated alkanes) is 16. The maximum Gasteiger partial charge on any atom is 0.0862 e. The fraction of sp³-hybridized carbons (Fsp3) is 0.938. The summed E-state index contributed by atoms with van der Waals surface area (Å²) in [4.78, 5) is 0. The molecule has 1 atom stereocenters. The van der Waals surface area contributed by atoms with Crippen molar-refractivity contribution in [1.82, 2.24) is 0 Å². The van der Waals surface area contributed by atoms with Crippen LogP contribution in [0.2, 0.25) is 0 Å². The lowest BCUT2D eigenvalue weighted by Crippen LogP contribution is -2.19. The zero-order chi connectivity index (χ0) is 24.5. The Morgan fingerprint density at radius 1 is 0.485 bits per heavy atom. The minimum Gasteiger partial charge on any atom is -0.0984 e. The molecule has 0 amide bonds. The summed E-state index contributed by atoms with van der Waals surface area (Å²) in [5, 5.41) is 0. The quantitative estimate of drug-likeness (QED) is 0.0668. The van der Waals surface area contributed by atoms with Crippen LogP contribution in [0.3, 0.4) is 0 Å². The topological polar surface area (TPSA) is 0 Å². The van der Waals surface area contributed by atoms with Crippen LogP contribution in [-0.2, 0) is 0 Å². The third-order valence-electron chi connectivity index (χ3n) is 7.17. The van der Waals surface area contributed by atoms with Gasteiger partial charge >= 0.3 is 0 Å². The van der Waals surface area contributed by atoms with Crippen LogP contribution < -0.4 is 0 Å². The SMILES string of the molecule is CCCCCCCCC(C#CC(Br)(CCCCCCCC)CCCCCCCC)CCCC. The highest BCUT2D eigenvalue weighted by Crippen LogP contribution is 2.32. The van der Waals surface area contributed by atoms with Crippen molar-refractivity contribution in [1.29, 1.82) is 0 Å². The molecule has 1 heteroatoms. The molecule has 0 spiro atoms. The minimum absolute atomic E-state index is 0.0636. The Hall–Kier alpha value is 0.0400. The Morgan fingerprint density at radius 2 is 0.848 bits per heavy atom. The highest BCUT2D eigenvalue weighted by atomic mass is 79.9. The van der Waals surface area contributed by atoms with E-state index < -0.39 is 0 Å². The molecular formula is C32H61Br. The van der Waals surface area contributed by atoms with Gasteiger partial charge in [-0.05, 0) is 25.7 Å². The molecule has 0 fully saturated rings. The maximum absolute atomic E-state index is 4.18. The molecule has 33 heavy (non-hydrogen) atoms. The molecule has 0 heterocycles. The second kappa shape index (κ2) is 25.1. The maximum atomic E-state index is 4.18. The monoisotopic (exact) mass is 524 g/mol. The van der Waals surface area contributed by atoms with Gasteiger partial charge in [-0.2, -0.15) is 0 Å². The molecule has 0 saturated carbocycles. The standard InChI is InChI=1S/C32H61Br/c1-5-9-13-16-19-22-26-31(25-12-8-4)27-30-32(33,28-23-20-17-14-10-6-2)29-24-21-18-15-11-7-3/h31H,5-26,28-29H2,1-4H3. The number of rotatable bonds is 24. The smallest absolute Gasteiger partial charge is 0.0862 e. The van der Waals surface area contributed by atoms with E-state index in [4.69, 9.17) is 0 Å². The van der Waals surface area contributed by atoms with Gasteiger partial charge in [0.05, 0.1) is 4.32 Å². The van der Waals surface area contributed by atoms with Crippen LogP contribution in [0.25, 0.3) is 0 Å². The fourth-order valence-electron chi connectivity index (χ4n) is 4.76. The van der Waals surface area contributed by atoms with E-state index >= 15 is 0 Å². The zero-order valence-electron chi connectivity index (χ0n) is 23.4. The van der Waals surface area contributed by atoms with E-state index in [1.54, 1.807) is 0 Å². The molecular weight excluding hydrogens is 464 g/mol. The molecule has 0 nitrogen and oxygen atoms in total. The van der Waals surface area contributed by atoms with Crippen molar-refractivity contribution in [3.63, 3.8) is 0 Å². The summed E-state index contributed by atoms with van der Waals surface area (Å²) in [7, 11) is 0. The first kappa shape index (κ1) is 33.0. The first-order chi connectivity index (χ1) is 16.1. The van der Waals surface area contributed by atoms with Crippen molar-refractivity contribution < 1.29 is 0 Å². The predicted molar refractivity (Wildman–Crippen MR) is 156 cm³/mol. The third-order valence-corrected chi connectivity index (χ3v) is 8.16. The lowest BCUT2D eigenvalue weighted by atomic mass is 9.91. The largest absolute Gasteiger partial charge is 0.0984 e. The first-order valence-electron chi connectivity index (χ1n) is 15.3.